The van der Waals surface area contributed by atoms with Crippen LogP contribution in [0.25, 0.3) is 0 Å². The fraction of sp³-hybridized carbons (Fsp3) is 0.441. The molecule has 3 fully saturated rings. The zero-order valence-electron chi connectivity index (χ0n) is 25.0. The van der Waals surface area contributed by atoms with E-state index in [4.69, 9.17) is 0 Å². The summed E-state index contributed by atoms with van der Waals surface area (Å²) in [7, 11) is 1.73. The lowest BCUT2D eigenvalue weighted by Crippen LogP contribution is -2.58. The fourth-order valence-electron chi connectivity index (χ4n) is 7.29. The highest BCUT2D eigenvalue weighted by Gasteiger charge is 2.76. The number of halogens is 1. The number of rotatable bonds is 11. The van der Waals surface area contributed by atoms with Crippen molar-refractivity contribution in [2.24, 2.45) is 11.8 Å². The Morgan fingerprint density at radius 3 is 2.49 bits per heavy atom. The molecule has 228 valence electrons. The summed E-state index contributed by atoms with van der Waals surface area (Å²) in [4.78, 5) is 48.6. The van der Waals surface area contributed by atoms with Crippen molar-refractivity contribution < 1.29 is 19.5 Å². The summed E-state index contributed by atoms with van der Waals surface area (Å²) in [6.07, 6.45) is 4.33. The summed E-state index contributed by atoms with van der Waals surface area (Å²) in [5, 5.41) is 10.6. The molecule has 3 aliphatic heterocycles. The van der Waals surface area contributed by atoms with Crippen LogP contribution in [0, 0.1) is 25.7 Å². The van der Waals surface area contributed by atoms with Crippen molar-refractivity contribution in [2.75, 3.05) is 31.6 Å². The molecule has 3 amide bonds. The number of thioether (sulfide) groups is 1. The van der Waals surface area contributed by atoms with Crippen LogP contribution in [0.2, 0.25) is 0 Å². The molecule has 0 radical (unpaired) electrons. The Bertz CT molecular complexity index is 1420. The van der Waals surface area contributed by atoms with Crippen LogP contribution in [-0.2, 0) is 20.8 Å². The highest BCUT2D eigenvalue weighted by atomic mass is 79.9. The molecular formula is C34H40BrN3O4S. The molecule has 0 aliphatic carbocycles. The second-order valence-corrected chi connectivity index (χ2v) is 14.7. The molecule has 3 heterocycles. The summed E-state index contributed by atoms with van der Waals surface area (Å²) >= 11 is 5.46. The highest BCUT2D eigenvalue weighted by Crippen LogP contribution is 2.68. The molecule has 3 unspecified atom stereocenters. The molecule has 2 bridgehead atoms. The number of carbonyl (C=O) groups is 3. The molecule has 0 aromatic heterocycles. The minimum atomic E-state index is -0.872. The number of nitrogens with zero attached hydrogens (tertiary/aromatic N) is 3. The number of likely N-dealkylation sites (N-methyl/N-ethyl adjacent to an activating group) is 1. The van der Waals surface area contributed by atoms with Crippen LogP contribution in [0.3, 0.4) is 0 Å². The Hall–Kier alpha value is -2.88. The standard InChI is InChI=1S/C34H40BrN3O4S/c1-6-15-36(5)31(40)27-28-32(41)38(24(20-39)18-23-11-9-8-10-12-23)30(34(28)19-25(35)29(27)43-34)33(42)37(16-7-2)26-17-21(3)13-14-22(26)4/h6-14,17,24-25,27-30,39H,1-2,15-16,18-20H2,3-5H3/t24-,25?,27+,28+,29+,30?,34?/m1/s1. The average Bonchev–Trinajstić information content (AvgIpc) is 3.59. The Morgan fingerprint density at radius 1 is 1.14 bits per heavy atom. The van der Waals surface area contributed by atoms with Gasteiger partial charge in [0.1, 0.15) is 6.04 Å². The third-order valence-corrected chi connectivity index (χ3v) is 12.4. The van der Waals surface area contributed by atoms with Crippen LogP contribution in [0.5, 0.6) is 0 Å². The van der Waals surface area contributed by atoms with Gasteiger partial charge in [0.15, 0.2) is 0 Å². The molecule has 2 aromatic rings. The van der Waals surface area contributed by atoms with Gasteiger partial charge in [0.2, 0.25) is 11.8 Å². The topological polar surface area (TPSA) is 81.2 Å². The lowest BCUT2D eigenvalue weighted by Gasteiger charge is -2.40. The minimum absolute atomic E-state index is 0.0434. The van der Waals surface area contributed by atoms with Gasteiger partial charge in [-0.25, -0.2) is 0 Å². The predicted molar refractivity (Wildman–Crippen MR) is 176 cm³/mol. The number of anilines is 1. The van der Waals surface area contributed by atoms with Gasteiger partial charge in [0.25, 0.3) is 5.91 Å². The van der Waals surface area contributed by atoms with Gasteiger partial charge in [-0.1, -0.05) is 70.5 Å². The molecule has 7 atom stereocenters. The van der Waals surface area contributed by atoms with E-state index < -0.39 is 28.7 Å². The van der Waals surface area contributed by atoms with Crippen molar-refractivity contribution >= 4 is 51.1 Å². The number of aliphatic hydroxyl groups excluding tert-OH is 1. The van der Waals surface area contributed by atoms with Gasteiger partial charge in [-0.15, -0.1) is 24.9 Å². The summed E-state index contributed by atoms with van der Waals surface area (Å²) in [6, 6.07) is 14.2. The lowest BCUT2D eigenvalue weighted by atomic mass is 9.70. The monoisotopic (exact) mass is 665 g/mol. The van der Waals surface area contributed by atoms with E-state index in [0.717, 1.165) is 22.4 Å². The van der Waals surface area contributed by atoms with Gasteiger partial charge < -0.3 is 19.8 Å². The van der Waals surface area contributed by atoms with Crippen LogP contribution < -0.4 is 4.90 Å². The first-order valence-corrected chi connectivity index (χ1v) is 16.5. The molecule has 2 aromatic carbocycles. The Kier molecular flexibility index (Phi) is 9.26. The normalized spacial score (nSPS) is 28.0. The van der Waals surface area contributed by atoms with Gasteiger partial charge >= 0.3 is 0 Å². The number of aliphatic hydroxyl groups is 1. The predicted octanol–water partition coefficient (Wildman–Crippen LogP) is 4.54. The number of alkyl halides is 1. The number of carbonyl (C=O) groups excluding carboxylic acids is 3. The van der Waals surface area contributed by atoms with E-state index in [1.807, 2.05) is 62.4 Å². The first-order chi connectivity index (χ1) is 20.6. The van der Waals surface area contributed by atoms with Crippen LogP contribution in [0.1, 0.15) is 23.1 Å². The Morgan fingerprint density at radius 2 is 1.84 bits per heavy atom. The molecule has 43 heavy (non-hydrogen) atoms. The summed E-state index contributed by atoms with van der Waals surface area (Å²) in [5.74, 6) is -1.83. The second-order valence-electron chi connectivity index (χ2n) is 12.0. The number of likely N-dealkylation sites (tertiary alicyclic amines) is 1. The second kappa shape index (κ2) is 12.6. The maximum absolute atomic E-state index is 15.0. The van der Waals surface area contributed by atoms with Gasteiger partial charge in [-0.2, -0.15) is 0 Å². The van der Waals surface area contributed by atoms with E-state index in [0.29, 0.717) is 19.4 Å². The average molecular weight is 667 g/mol. The number of hydrogen-bond donors (Lipinski definition) is 1. The van der Waals surface area contributed by atoms with E-state index in [-0.39, 0.29) is 41.0 Å². The molecule has 1 N–H and O–H groups in total. The van der Waals surface area contributed by atoms with Gasteiger partial charge in [0, 0.05) is 35.9 Å². The van der Waals surface area contributed by atoms with Crippen LogP contribution in [0.15, 0.2) is 73.8 Å². The first-order valence-electron chi connectivity index (χ1n) is 14.7. The van der Waals surface area contributed by atoms with Crippen molar-refractivity contribution in [3.05, 3.63) is 90.5 Å². The van der Waals surface area contributed by atoms with Crippen LogP contribution in [0.4, 0.5) is 5.69 Å². The van der Waals surface area contributed by atoms with Crippen molar-refractivity contribution in [3.8, 4) is 0 Å². The Balaban J connectivity index is 1.65. The Labute approximate surface area is 267 Å². The van der Waals surface area contributed by atoms with Gasteiger partial charge in [0.05, 0.1) is 29.2 Å². The quantitative estimate of drug-likeness (QED) is 0.282. The molecule has 5 rings (SSSR count). The van der Waals surface area contributed by atoms with Crippen molar-refractivity contribution in [1.82, 2.24) is 9.80 Å². The zero-order chi connectivity index (χ0) is 31.1. The maximum Gasteiger partial charge on any atom is 0.251 e. The molecule has 3 aliphatic rings. The van der Waals surface area contributed by atoms with E-state index in [2.05, 4.69) is 29.1 Å². The van der Waals surface area contributed by atoms with E-state index in [9.17, 15) is 14.7 Å². The number of aryl methyl sites for hydroxylation is 2. The highest BCUT2D eigenvalue weighted by molar-refractivity contribution is 9.09. The zero-order valence-corrected chi connectivity index (χ0v) is 27.4. The third-order valence-electron chi connectivity index (χ3n) is 9.18. The molecule has 9 heteroatoms. The minimum Gasteiger partial charge on any atom is -0.394 e. The van der Waals surface area contributed by atoms with Gasteiger partial charge in [-0.3, -0.25) is 14.4 Å². The van der Waals surface area contributed by atoms with Crippen LogP contribution in [-0.4, -0.2) is 86.3 Å². The fourth-order valence-corrected chi connectivity index (χ4v) is 10.9. The van der Waals surface area contributed by atoms with Crippen LogP contribution >= 0.6 is 27.7 Å². The lowest BCUT2D eigenvalue weighted by molar-refractivity contribution is -0.144. The molecule has 3 saturated heterocycles. The SMILES string of the molecule is C=CCN(C)C(=O)[C@H]1[C@H]2C(=O)N([C@@H](CO)Cc3ccccc3)C(C(=O)N(CC=C)c3cc(C)ccc3C)C23CC(Br)[C@@H]1S3. The molecule has 0 saturated carbocycles. The van der Waals surface area contributed by atoms with Crippen molar-refractivity contribution in [3.63, 3.8) is 0 Å². The number of hydrogen-bond acceptors (Lipinski definition) is 5. The number of fused-ring (bicyclic) bond motifs is 1. The summed E-state index contributed by atoms with van der Waals surface area (Å²) in [6.45, 7) is 12.0. The van der Waals surface area contributed by atoms with E-state index >= 15 is 4.79 Å². The third kappa shape index (κ3) is 5.38. The van der Waals surface area contributed by atoms with Crippen molar-refractivity contribution in [1.29, 1.82) is 0 Å². The molecule has 7 nitrogen and oxygen atoms in total. The number of benzene rings is 2. The largest absolute Gasteiger partial charge is 0.394 e. The van der Waals surface area contributed by atoms with E-state index in [1.165, 1.54) is 0 Å². The van der Waals surface area contributed by atoms with E-state index in [1.54, 1.807) is 45.7 Å². The van der Waals surface area contributed by atoms with Crippen molar-refractivity contribution in [2.45, 2.75) is 53.6 Å². The maximum atomic E-state index is 15.0. The first kappa shape index (κ1) is 31.5. The molecular weight excluding hydrogens is 626 g/mol. The van der Waals surface area contributed by atoms with Gasteiger partial charge in [-0.05, 0) is 49.4 Å². The molecule has 1 spiro atoms. The smallest absolute Gasteiger partial charge is 0.251 e. The summed E-state index contributed by atoms with van der Waals surface area (Å²) in [5.41, 5.74) is 3.69. The summed E-state index contributed by atoms with van der Waals surface area (Å²) < 4.78 is -0.830. The number of amides is 3.